The molecule has 3 heterocycles. The summed E-state index contributed by atoms with van der Waals surface area (Å²) < 4.78 is 2.31. The Morgan fingerprint density at radius 1 is 1.42 bits per heavy atom. The Bertz CT molecular complexity index is 579. The summed E-state index contributed by atoms with van der Waals surface area (Å²) in [7, 11) is 0. The predicted octanol–water partition coefficient (Wildman–Crippen LogP) is 2.65. The van der Waals surface area contributed by atoms with Crippen LogP contribution in [0.5, 0.6) is 0 Å². The van der Waals surface area contributed by atoms with E-state index >= 15 is 0 Å². The molecule has 1 N–H and O–H groups in total. The third-order valence-electron chi connectivity index (χ3n) is 4.10. The maximum atomic E-state index is 4.89. The highest BCUT2D eigenvalue weighted by Gasteiger charge is 2.34. The number of hydrogen-bond acceptors (Lipinski definition) is 3. The highest BCUT2D eigenvalue weighted by molar-refractivity contribution is 5.71. The molecule has 1 saturated heterocycles. The zero-order chi connectivity index (χ0) is 13.5. The lowest BCUT2D eigenvalue weighted by Crippen LogP contribution is -2.43. The zero-order valence-electron chi connectivity index (χ0n) is 12.0. The van der Waals surface area contributed by atoms with Gasteiger partial charge in [0.15, 0.2) is 5.65 Å². The molecule has 1 unspecified atom stereocenters. The van der Waals surface area contributed by atoms with Gasteiger partial charge >= 0.3 is 0 Å². The average Bonchev–Trinajstić information content (AvgIpc) is 2.79. The number of pyridine rings is 1. The minimum Gasteiger partial charge on any atom is -0.316 e. The van der Waals surface area contributed by atoms with Gasteiger partial charge in [0.25, 0.3) is 0 Å². The van der Waals surface area contributed by atoms with Crippen LogP contribution in [-0.2, 0) is 5.41 Å². The van der Waals surface area contributed by atoms with Gasteiger partial charge in [-0.1, -0.05) is 6.92 Å². The fourth-order valence-electron chi connectivity index (χ4n) is 3.09. The second-order valence-corrected chi connectivity index (χ2v) is 6.09. The van der Waals surface area contributed by atoms with E-state index in [1.165, 1.54) is 18.7 Å². The van der Waals surface area contributed by atoms with E-state index in [9.17, 15) is 0 Å². The maximum absolute atomic E-state index is 4.89. The van der Waals surface area contributed by atoms with Crippen LogP contribution >= 0.6 is 0 Å². The van der Waals surface area contributed by atoms with Crippen molar-refractivity contribution in [2.45, 2.75) is 45.1 Å². The van der Waals surface area contributed by atoms with Crippen molar-refractivity contribution in [3.63, 3.8) is 0 Å². The van der Waals surface area contributed by atoms with E-state index in [2.05, 4.69) is 41.7 Å². The quantitative estimate of drug-likeness (QED) is 0.900. The summed E-state index contributed by atoms with van der Waals surface area (Å²) in [6.45, 7) is 8.86. The molecule has 0 amide bonds. The summed E-state index contributed by atoms with van der Waals surface area (Å²) in [5.41, 5.74) is 2.14. The molecule has 4 nitrogen and oxygen atoms in total. The topological polar surface area (TPSA) is 42.7 Å². The van der Waals surface area contributed by atoms with Gasteiger partial charge in [-0.05, 0) is 45.4 Å². The van der Waals surface area contributed by atoms with Gasteiger partial charge in [0.05, 0.1) is 0 Å². The third kappa shape index (κ3) is 2.04. The van der Waals surface area contributed by atoms with Crippen molar-refractivity contribution in [3.05, 3.63) is 24.2 Å². The summed E-state index contributed by atoms with van der Waals surface area (Å²) in [4.78, 5) is 9.42. The summed E-state index contributed by atoms with van der Waals surface area (Å²) in [5, 5.41) is 3.51. The first-order valence-corrected chi connectivity index (χ1v) is 7.16. The molecule has 0 aromatic carbocycles. The number of imidazole rings is 1. The van der Waals surface area contributed by atoms with Crippen molar-refractivity contribution >= 4 is 11.2 Å². The molecule has 2 aromatic rings. The predicted molar refractivity (Wildman–Crippen MR) is 77.4 cm³/mol. The number of piperidine rings is 1. The van der Waals surface area contributed by atoms with Crippen LogP contribution in [0.4, 0.5) is 0 Å². The Morgan fingerprint density at radius 2 is 2.26 bits per heavy atom. The molecule has 1 atom stereocenters. The minimum absolute atomic E-state index is 0.114. The van der Waals surface area contributed by atoms with Crippen molar-refractivity contribution in [1.29, 1.82) is 0 Å². The summed E-state index contributed by atoms with van der Waals surface area (Å²) in [6, 6.07) is 4.41. The Balaban J connectivity index is 2.19. The van der Waals surface area contributed by atoms with Gasteiger partial charge in [0.2, 0.25) is 0 Å². The van der Waals surface area contributed by atoms with E-state index in [4.69, 9.17) is 4.98 Å². The van der Waals surface area contributed by atoms with Gasteiger partial charge in [0, 0.05) is 24.2 Å². The number of rotatable bonds is 2. The van der Waals surface area contributed by atoms with Crippen molar-refractivity contribution in [2.75, 3.05) is 13.1 Å². The monoisotopic (exact) mass is 258 g/mol. The Morgan fingerprint density at radius 3 is 2.95 bits per heavy atom. The second-order valence-electron chi connectivity index (χ2n) is 6.09. The SMILES string of the molecule is CC(C)n1c(C2(C)CCCNC2)nc2cccnc21. The molecule has 1 fully saturated rings. The smallest absolute Gasteiger partial charge is 0.160 e. The molecule has 3 rings (SSSR count). The molecular weight excluding hydrogens is 236 g/mol. The maximum Gasteiger partial charge on any atom is 0.160 e. The molecule has 0 spiro atoms. The molecular formula is C15H22N4. The van der Waals surface area contributed by atoms with E-state index in [0.29, 0.717) is 6.04 Å². The van der Waals surface area contributed by atoms with E-state index in [0.717, 1.165) is 24.3 Å². The van der Waals surface area contributed by atoms with Gasteiger partial charge in [-0.25, -0.2) is 9.97 Å². The Kier molecular flexibility index (Phi) is 3.05. The lowest BCUT2D eigenvalue weighted by Gasteiger charge is -2.34. The molecule has 102 valence electrons. The number of aromatic nitrogens is 3. The van der Waals surface area contributed by atoms with Crippen LogP contribution in [0.25, 0.3) is 11.2 Å². The normalized spacial score (nSPS) is 24.2. The summed E-state index contributed by atoms with van der Waals surface area (Å²) >= 11 is 0. The molecule has 1 aliphatic heterocycles. The highest BCUT2D eigenvalue weighted by Crippen LogP contribution is 2.33. The number of nitrogens with zero attached hydrogens (tertiary/aromatic N) is 3. The van der Waals surface area contributed by atoms with Gasteiger partial charge in [-0.3, -0.25) is 0 Å². The van der Waals surface area contributed by atoms with Gasteiger partial charge in [-0.15, -0.1) is 0 Å². The van der Waals surface area contributed by atoms with Crippen LogP contribution < -0.4 is 5.32 Å². The zero-order valence-corrected chi connectivity index (χ0v) is 12.0. The van der Waals surface area contributed by atoms with Crippen molar-refractivity contribution in [1.82, 2.24) is 19.9 Å². The van der Waals surface area contributed by atoms with Crippen LogP contribution in [0.15, 0.2) is 18.3 Å². The number of hydrogen-bond donors (Lipinski definition) is 1. The largest absolute Gasteiger partial charge is 0.316 e. The second kappa shape index (κ2) is 4.60. The van der Waals surface area contributed by atoms with E-state index in [1.54, 1.807) is 0 Å². The molecule has 19 heavy (non-hydrogen) atoms. The van der Waals surface area contributed by atoms with E-state index in [-0.39, 0.29) is 5.41 Å². The Labute approximate surface area is 114 Å². The minimum atomic E-state index is 0.114. The fraction of sp³-hybridized carbons (Fsp3) is 0.600. The Hall–Kier alpha value is -1.42. The van der Waals surface area contributed by atoms with Crippen LogP contribution in [0.3, 0.4) is 0 Å². The van der Waals surface area contributed by atoms with Crippen molar-refractivity contribution in [2.24, 2.45) is 0 Å². The fourth-order valence-corrected chi connectivity index (χ4v) is 3.09. The first-order chi connectivity index (χ1) is 9.12. The first kappa shape index (κ1) is 12.6. The highest BCUT2D eigenvalue weighted by atomic mass is 15.2. The lowest BCUT2D eigenvalue weighted by atomic mass is 9.82. The van der Waals surface area contributed by atoms with E-state index in [1.807, 2.05) is 12.3 Å². The van der Waals surface area contributed by atoms with Gasteiger partial charge < -0.3 is 9.88 Å². The summed E-state index contributed by atoms with van der Waals surface area (Å²) in [5.74, 6) is 1.18. The molecule has 0 radical (unpaired) electrons. The van der Waals surface area contributed by atoms with Gasteiger partial charge in [-0.2, -0.15) is 0 Å². The molecule has 0 aliphatic carbocycles. The molecule has 0 saturated carbocycles. The van der Waals surface area contributed by atoms with Crippen LogP contribution in [0.2, 0.25) is 0 Å². The van der Waals surface area contributed by atoms with Crippen LogP contribution in [0.1, 0.15) is 45.5 Å². The molecule has 2 aromatic heterocycles. The molecule has 1 aliphatic rings. The lowest BCUT2D eigenvalue weighted by molar-refractivity contribution is 0.309. The van der Waals surface area contributed by atoms with Gasteiger partial charge in [0.1, 0.15) is 11.3 Å². The number of fused-ring (bicyclic) bond motifs is 1. The van der Waals surface area contributed by atoms with Crippen LogP contribution in [-0.4, -0.2) is 27.6 Å². The van der Waals surface area contributed by atoms with Crippen LogP contribution in [0, 0.1) is 0 Å². The molecule has 0 bridgehead atoms. The average molecular weight is 258 g/mol. The first-order valence-electron chi connectivity index (χ1n) is 7.16. The third-order valence-corrected chi connectivity index (χ3v) is 4.10. The van der Waals surface area contributed by atoms with E-state index < -0.39 is 0 Å². The van der Waals surface area contributed by atoms with Crippen molar-refractivity contribution in [3.8, 4) is 0 Å². The van der Waals surface area contributed by atoms with Crippen molar-refractivity contribution < 1.29 is 0 Å². The standard InChI is InChI=1S/C15H22N4/c1-11(2)19-13-12(6-4-9-17-13)18-14(19)15(3)7-5-8-16-10-15/h4,6,9,11,16H,5,7-8,10H2,1-3H3. The summed E-state index contributed by atoms with van der Waals surface area (Å²) in [6.07, 6.45) is 4.26. The number of nitrogens with one attached hydrogen (secondary N) is 1. The molecule has 4 heteroatoms.